The molecule has 2 nitrogen and oxygen atoms in total. The molecule has 0 saturated heterocycles. The fourth-order valence-electron chi connectivity index (χ4n) is 3.16. The zero-order chi connectivity index (χ0) is 15.8. The van der Waals surface area contributed by atoms with Gasteiger partial charge in [0.2, 0.25) is 0 Å². The zero-order valence-corrected chi connectivity index (χ0v) is 13.3. The lowest BCUT2D eigenvalue weighted by Crippen LogP contribution is -2.19. The molecule has 0 spiro atoms. The average Bonchev–Trinajstić information content (AvgIpc) is 2.59. The van der Waals surface area contributed by atoms with Crippen LogP contribution in [0.15, 0.2) is 77.8 Å². The van der Waals surface area contributed by atoms with Crippen molar-refractivity contribution in [2.45, 2.75) is 6.92 Å². The topological polar surface area (TPSA) is 17.3 Å². The molecule has 0 amide bonds. The SMILES string of the molecule is Cc1cccc(N=c2c3ccccc3c3ccccc3n2C)c1. The molecular weight excluding hydrogens is 280 g/mol. The second-order valence-corrected chi connectivity index (χ2v) is 5.90. The summed E-state index contributed by atoms with van der Waals surface area (Å²) in [6.07, 6.45) is 0. The molecule has 0 radical (unpaired) electrons. The third-order valence-corrected chi connectivity index (χ3v) is 4.28. The summed E-state index contributed by atoms with van der Waals surface area (Å²) < 4.78 is 2.18. The van der Waals surface area contributed by atoms with Gasteiger partial charge in [-0.15, -0.1) is 0 Å². The van der Waals surface area contributed by atoms with E-state index in [0.717, 1.165) is 11.2 Å². The van der Waals surface area contributed by atoms with Crippen LogP contribution in [0, 0.1) is 6.92 Å². The second kappa shape index (κ2) is 5.40. The minimum absolute atomic E-state index is 0.987. The number of benzene rings is 3. The lowest BCUT2D eigenvalue weighted by Gasteiger charge is -2.11. The van der Waals surface area contributed by atoms with Crippen LogP contribution in [0.25, 0.3) is 21.7 Å². The predicted molar refractivity (Wildman–Crippen MR) is 96.8 cm³/mol. The zero-order valence-electron chi connectivity index (χ0n) is 13.3. The van der Waals surface area contributed by atoms with Crippen molar-refractivity contribution < 1.29 is 0 Å². The summed E-state index contributed by atoms with van der Waals surface area (Å²) in [6.45, 7) is 2.09. The fraction of sp³-hybridized carbons (Fsp3) is 0.0952. The van der Waals surface area contributed by atoms with Crippen LogP contribution in [-0.4, -0.2) is 4.57 Å². The first-order chi connectivity index (χ1) is 11.2. The second-order valence-electron chi connectivity index (χ2n) is 5.90. The standard InChI is InChI=1S/C21H18N2/c1-15-8-7-9-16(14-15)22-21-19-12-4-3-10-17(19)18-11-5-6-13-20(18)23(21)2/h3-14H,1-2H3. The van der Waals surface area contributed by atoms with Crippen LogP contribution in [0.5, 0.6) is 0 Å². The van der Waals surface area contributed by atoms with Gasteiger partial charge in [-0.25, -0.2) is 4.99 Å². The van der Waals surface area contributed by atoms with E-state index in [1.807, 2.05) is 0 Å². The largest absolute Gasteiger partial charge is 0.328 e. The Morgan fingerprint density at radius 1 is 0.739 bits per heavy atom. The highest BCUT2D eigenvalue weighted by Gasteiger charge is 2.06. The van der Waals surface area contributed by atoms with E-state index in [9.17, 15) is 0 Å². The van der Waals surface area contributed by atoms with E-state index in [-0.39, 0.29) is 0 Å². The molecular formula is C21H18N2. The number of aromatic nitrogens is 1. The average molecular weight is 298 g/mol. The summed E-state index contributed by atoms with van der Waals surface area (Å²) in [5, 5.41) is 3.68. The first kappa shape index (κ1) is 13.8. The molecule has 4 rings (SSSR count). The quantitative estimate of drug-likeness (QED) is 0.446. The molecule has 1 heterocycles. The number of fused-ring (bicyclic) bond motifs is 3. The molecule has 0 atom stereocenters. The Kier molecular flexibility index (Phi) is 3.23. The predicted octanol–water partition coefficient (Wildman–Crippen LogP) is 4.87. The van der Waals surface area contributed by atoms with Crippen molar-refractivity contribution in [2.24, 2.45) is 12.0 Å². The maximum absolute atomic E-state index is 4.94. The highest BCUT2D eigenvalue weighted by molar-refractivity contribution is 6.05. The highest BCUT2D eigenvalue weighted by Crippen LogP contribution is 2.22. The van der Waals surface area contributed by atoms with E-state index in [0.29, 0.717) is 0 Å². The van der Waals surface area contributed by atoms with Crippen molar-refractivity contribution in [3.05, 3.63) is 83.8 Å². The Bertz CT molecular complexity index is 1090. The summed E-state index contributed by atoms with van der Waals surface area (Å²) in [6, 6.07) is 25.3. The van der Waals surface area contributed by atoms with Crippen LogP contribution >= 0.6 is 0 Å². The van der Waals surface area contributed by atoms with E-state index >= 15 is 0 Å². The number of aryl methyl sites for hydroxylation is 2. The third kappa shape index (κ3) is 2.33. The number of hydrogen-bond acceptors (Lipinski definition) is 1. The van der Waals surface area contributed by atoms with Gasteiger partial charge in [-0.3, -0.25) is 0 Å². The van der Waals surface area contributed by atoms with Gasteiger partial charge in [0.25, 0.3) is 0 Å². The fourth-order valence-corrected chi connectivity index (χ4v) is 3.16. The number of hydrogen-bond donors (Lipinski definition) is 0. The maximum atomic E-state index is 4.94. The monoisotopic (exact) mass is 298 g/mol. The molecule has 2 heteroatoms. The molecule has 112 valence electrons. The van der Waals surface area contributed by atoms with Gasteiger partial charge in [-0.2, -0.15) is 0 Å². The van der Waals surface area contributed by atoms with E-state index < -0.39 is 0 Å². The van der Waals surface area contributed by atoms with Crippen LogP contribution in [-0.2, 0) is 7.05 Å². The molecule has 0 aliphatic carbocycles. The Morgan fingerprint density at radius 3 is 2.22 bits per heavy atom. The van der Waals surface area contributed by atoms with Crippen LogP contribution in [0.4, 0.5) is 5.69 Å². The highest BCUT2D eigenvalue weighted by atomic mass is 15.0. The van der Waals surface area contributed by atoms with E-state index in [4.69, 9.17) is 4.99 Å². The van der Waals surface area contributed by atoms with Gasteiger partial charge in [0.05, 0.1) is 5.69 Å². The van der Waals surface area contributed by atoms with Gasteiger partial charge in [-0.1, -0.05) is 54.6 Å². The van der Waals surface area contributed by atoms with Crippen molar-refractivity contribution in [3.8, 4) is 0 Å². The van der Waals surface area contributed by atoms with Crippen LogP contribution in [0.2, 0.25) is 0 Å². The van der Waals surface area contributed by atoms with Gasteiger partial charge in [0.1, 0.15) is 5.49 Å². The summed E-state index contributed by atoms with van der Waals surface area (Å²) in [7, 11) is 2.09. The van der Waals surface area contributed by atoms with Crippen molar-refractivity contribution in [2.75, 3.05) is 0 Å². The molecule has 0 saturated carbocycles. The minimum atomic E-state index is 0.987. The van der Waals surface area contributed by atoms with E-state index in [1.165, 1.54) is 27.2 Å². The Morgan fingerprint density at radius 2 is 1.43 bits per heavy atom. The molecule has 0 bridgehead atoms. The number of nitrogens with zero attached hydrogens (tertiary/aromatic N) is 2. The van der Waals surface area contributed by atoms with Crippen molar-refractivity contribution in [1.29, 1.82) is 0 Å². The first-order valence-electron chi connectivity index (χ1n) is 7.82. The molecule has 1 aromatic heterocycles. The summed E-state index contributed by atoms with van der Waals surface area (Å²) >= 11 is 0. The van der Waals surface area contributed by atoms with Gasteiger partial charge in [-0.05, 0) is 36.1 Å². The van der Waals surface area contributed by atoms with Crippen LogP contribution in [0.3, 0.4) is 0 Å². The van der Waals surface area contributed by atoms with Gasteiger partial charge >= 0.3 is 0 Å². The molecule has 0 fully saturated rings. The maximum Gasteiger partial charge on any atom is 0.141 e. The molecule has 0 N–H and O–H groups in total. The van der Waals surface area contributed by atoms with Crippen molar-refractivity contribution in [3.63, 3.8) is 0 Å². The van der Waals surface area contributed by atoms with E-state index in [2.05, 4.69) is 91.3 Å². The lowest BCUT2D eigenvalue weighted by molar-refractivity contribution is 0.890. The van der Waals surface area contributed by atoms with E-state index in [1.54, 1.807) is 0 Å². The normalized spacial score (nSPS) is 12.2. The van der Waals surface area contributed by atoms with Gasteiger partial charge < -0.3 is 4.57 Å². The summed E-state index contributed by atoms with van der Waals surface area (Å²) in [4.78, 5) is 4.94. The smallest absolute Gasteiger partial charge is 0.141 e. The molecule has 3 aromatic carbocycles. The molecule has 0 aliphatic rings. The minimum Gasteiger partial charge on any atom is -0.328 e. The molecule has 4 aromatic rings. The summed E-state index contributed by atoms with van der Waals surface area (Å²) in [5.41, 5.74) is 4.39. The van der Waals surface area contributed by atoms with Crippen LogP contribution in [0.1, 0.15) is 5.56 Å². The van der Waals surface area contributed by atoms with Crippen LogP contribution < -0.4 is 5.49 Å². The molecule has 23 heavy (non-hydrogen) atoms. The Balaban J connectivity index is 2.19. The Hall–Kier alpha value is -2.87. The van der Waals surface area contributed by atoms with Crippen molar-refractivity contribution >= 4 is 27.4 Å². The Labute approximate surface area is 135 Å². The summed E-state index contributed by atoms with van der Waals surface area (Å²) in [5.74, 6) is 0. The number of para-hydroxylation sites is 1. The van der Waals surface area contributed by atoms with Crippen molar-refractivity contribution in [1.82, 2.24) is 4.57 Å². The molecule has 0 aliphatic heterocycles. The molecule has 0 unspecified atom stereocenters. The first-order valence-corrected chi connectivity index (χ1v) is 7.82. The number of rotatable bonds is 1. The third-order valence-electron chi connectivity index (χ3n) is 4.28. The van der Waals surface area contributed by atoms with Gasteiger partial charge in [0, 0.05) is 23.3 Å². The lowest BCUT2D eigenvalue weighted by atomic mass is 10.1. The number of pyridine rings is 1. The van der Waals surface area contributed by atoms with Gasteiger partial charge in [0.15, 0.2) is 0 Å².